The number of halogens is 2. The van der Waals surface area contributed by atoms with E-state index in [0.29, 0.717) is 18.8 Å². The molecule has 2 rings (SSSR count). The predicted molar refractivity (Wildman–Crippen MR) is 71.6 cm³/mol. The Balaban J connectivity index is 0.00000180. The molecule has 0 unspecified atom stereocenters. The van der Waals surface area contributed by atoms with E-state index < -0.39 is 11.8 Å². The fraction of sp³-hybridized carbons (Fsp3) is 0.462. The van der Waals surface area contributed by atoms with Crippen molar-refractivity contribution in [2.24, 2.45) is 0 Å². The maximum atomic E-state index is 14.2. The molecule has 0 radical (unpaired) electrons. The van der Waals surface area contributed by atoms with Crippen molar-refractivity contribution in [1.29, 1.82) is 0 Å². The zero-order valence-electron chi connectivity index (χ0n) is 10.6. The number of para-hydroxylation sites is 1. The summed E-state index contributed by atoms with van der Waals surface area (Å²) in [5.41, 5.74) is 0.246. The Morgan fingerprint density at radius 1 is 1.32 bits per heavy atom. The van der Waals surface area contributed by atoms with Crippen molar-refractivity contribution in [3.63, 3.8) is 0 Å². The van der Waals surface area contributed by atoms with Crippen molar-refractivity contribution < 1.29 is 18.7 Å². The summed E-state index contributed by atoms with van der Waals surface area (Å²) in [6.45, 7) is 1.02. The molecule has 19 heavy (non-hydrogen) atoms. The van der Waals surface area contributed by atoms with Crippen LogP contribution in [-0.4, -0.2) is 32.0 Å². The minimum absolute atomic E-state index is 0. The summed E-state index contributed by atoms with van der Waals surface area (Å²) < 4.78 is 24.3. The SMILES string of the molecule is COc1ccccc1C(=O)OC1(F)CCNCC1.Cl. The number of nitrogens with one attached hydrogen (secondary N) is 1. The summed E-state index contributed by atoms with van der Waals surface area (Å²) in [6, 6.07) is 6.63. The van der Waals surface area contributed by atoms with Crippen LogP contribution in [0.5, 0.6) is 5.75 Å². The van der Waals surface area contributed by atoms with Gasteiger partial charge in [-0.3, -0.25) is 0 Å². The number of esters is 1. The molecular formula is C13H17ClFNO3. The Kier molecular flexibility index (Phi) is 5.57. The smallest absolute Gasteiger partial charge is 0.344 e. The van der Waals surface area contributed by atoms with Crippen molar-refractivity contribution in [2.75, 3.05) is 20.2 Å². The topological polar surface area (TPSA) is 47.6 Å². The summed E-state index contributed by atoms with van der Waals surface area (Å²) in [5, 5.41) is 3.02. The molecule has 106 valence electrons. The van der Waals surface area contributed by atoms with Crippen molar-refractivity contribution in [2.45, 2.75) is 18.7 Å². The zero-order valence-corrected chi connectivity index (χ0v) is 11.5. The number of hydrogen-bond acceptors (Lipinski definition) is 4. The van der Waals surface area contributed by atoms with Gasteiger partial charge >= 0.3 is 5.97 Å². The number of carbonyl (C=O) groups is 1. The summed E-state index contributed by atoms with van der Waals surface area (Å²) in [4.78, 5) is 11.9. The van der Waals surface area contributed by atoms with E-state index in [1.165, 1.54) is 7.11 Å². The Bertz CT molecular complexity index is 436. The van der Waals surface area contributed by atoms with Gasteiger partial charge < -0.3 is 14.8 Å². The van der Waals surface area contributed by atoms with Gasteiger partial charge in [0.2, 0.25) is 0 Å². The van der Waals surface area contributed by atoms with Crippen LogP contribution in [0.1, 0.15) is 23.2 Å². The normalized spacial score (nSPS) is 17.2. The van der Waals surface area contributed by atoms with E-state index in [1.54, 1.807) is 24.3 Å². The van der Waals surface area contributed by atoms with Crippen molar-refractivity contribution in [3.8, 4) is 5.75 Å². The Hall–Kier alpha value is -1.33. The molecule has 0 atom stereocenters. The molecule has 1 aliphatic rings. The van der Waals surface area contributed by atoms with Crippen LogP contribution in [0.4, 0.5) is 4.39 Å². The van der Waals surface area contributed by atoms with E-state index in [0.717, 1.165) is 0 Å². The van der Waals surface area contributed by atoms with Gasteiger partial charge in [-0.15, -0.1) is 12.4 Å². The van der Waals surface area contributed by atoms with Crippen LogP contribution >= 0.6 is 12.4 Å². The highest BCUT2D eigenvalue weighted by atomic mass is 35.5. The lowest BCUT2D eigenvalue weighted by Gasteiger charge is -2.29. The molecule has 0 bridgehead atoms. The van der Waals surface area contributed by atoms with Crippen molar-refractivity contribution in [1.82, 2.24) is 5.32 Å². The molecule has 1 aliphatic heterocycles. The maximum absolute atomic E-state index is 14.2. The third kappa shape index (κ3) is 3.81. The number of benzene rings is 1. The first-order chi connectivity index (χ1) is 8.64. The lowest BCUT2D eigenvalue weighted by atomic mass is 10.1. The minimum Gasteiger partial charge on any atom is -0.496 e. The molecular weight excluding hydrogens is 273 g/mol. The molecule has 1 N–H and O–H groups in total. The van der Waals surface area contributed by atoms with E-state index in [4.69, 9.17) is 9.47 Å². The number of rotatable bonds is 3. The van der Waals surface area contributed by atoms with E-state index in [2.05, 4.69) is 5.32 Å². The Morgan fingerprint density at radius 2 is 1.95 bits per heavy atom. The molecule has 0 spiro atoms. The summed E-state index contributed by atoms with van der Waals surface area (Å²) in [6.07, 6.45) is 0.349. The van der Waals surface area contributed by atoms with Gasteiger partial charge in [0, 0.05) is 25.9 Å². The number of carbonyl (C=O) groups excluding carboxylic acids is 1. The van der Waals surface area contributed by atoms with E-state index >= 15 is 0 Å². The Labute approximate surface area is 117 Å². The van der Waals surface area contributed by atoms with Crippen LogP contribution in [0.2, 0.25) is 0 Å². The number of ether oxygens (including phenoxy) is 2. The second kappa shape index (κ2) is 6.73. The fourth-order valence-corrected chi connectivity index (χ4v) is 1.94. The van der Waals surface area contributed by atoms with Gasteiger partial charge in [-0.1, -0.05) is 12.1 Å². The molecule has 6 heteroatoms. The maximum Gasteiger partial charge on any atom is 0.344 e. The largest absolute Gasteiger partial charge is 0.496 e. The quantitative estimate of drug-likeness (QED) is 0.868. The average molecular weight is 290 g/mol. The number of piperidine rings is 1. The number of hydrogen-bond donors (Lipinski definition) is 1. The van der Waals surface area contributed by atoms with Crippen LogP contribution in [0.15, 0.2) is 24.3 Å². The molecule has 1 aromatic carbocycles. The minimum atomic E-state index is -1.87. The van der Waals surface area contributed by atoms with E-state index in [-0.39, 0.29) is 30.8 Å². The lowest BCUT2D eigenvalue weighted by molar-refractivity contribution is -0.120. The van der Waals surface area contributed by atoms with Crippen LogP contribution in [0.25, 0.3) is 0 Å². The van der Waals surface area contributed by atoms with Gasteiger partial charge in [0.15, 0.2) is 0 Å². The molecule has 0 aliphatic carbocycles. The van der Waals surface area contributed by atoms with Crippen LogP contribution in [0, 0.1) is 0 Å². The van der Waals surface area contributed by atoms with E-state index in [1.807, 2.05) is 0 Å². The summed E-state index contributed by atoms with van der Waals surface area (Å²) >= 11 is 0. The van der Waals surface area contributed by atoms with Crippen molar-refractivity contribution in [3.05, 3.63) is 29.8 Å². The highest BCUT2D eigenvalue weighted by molar-refractivity contribution is 5.92. The molecule has 1 heterocycles. The standard InChI is InChI=1S/C13H16FNO3.ClH/c1-17-11-5-3-2-4-10(11)12(16)18-13(14)6-8-15-9-7-13;/h2-5,15H,6-9H2,1H3;1H. The Morgan fingerprint density at radius 3 is 2.58 bits per heavy atom. The number of methoxy groups -OCH3 is 1. The predicted octanol–water partition coefficient (Wildman–Crippen LogP) is 2.32. The summed E-state index contributed by atoms with van der Waals surface area (Å²) in [5.74, 6) is -2.17. The third-order valence-electron chi connectivity index (χ3n) is 2.95. The summed E-state index contributed by atoms with van der Waals surface area (Å²) in [7, 11) is 1.46. The first-order valence-electron chi connectivity index (χ1n) is 5.91. The average Bonchev–Trinajstić information content (AvgIpc) is 2.39. The van der Waals surface area contributed by atoms with Gasteiger partial charge in [-0.25, -0.2) is 4.79 Å². The van der Waals surface area contributed by atoms with Gasteiger partial charge in [0.25, 0.3) is 5.85 Å². The fourth-order valence-electron chi connectivity index (χ4n) is 1.94. The molecule has 1 saturated heterocycles. The molecule has 0 aromatic heterocycles. The lowest BCUT2D eigenvalue weighted by Crippen LogP contribution is -2.41. The molecule has 1 aromatic rings. The second-order valence-electron chi connectivity index (χ2n) is 4.22. The van der Waals surface area contributed by atoms with Gasteiger partial charge in [0.1, 0.15) is 11.3 Å². The first kappa shape index (κ1) is 15.7. The molecule has 1 fully saturated rings. The number of alkyl halides is 1. The van der Waals surface area contributed by atoms with Gasteiger partial charge in [0.05, 0.1) is 7.11 Å². The third-order valence-corrected chi connectivity index (χ3v) is 2.95. The first-order valence-corrected chi connectivity index (χ1v) is 5.91. The van der Waals surface area contributed by atoms with Gasteiger partial charge in [-0.05, 0) is 12.1 Å². The van der Waals surface area contributed by atoms with Crippen LogP contribution in [0.3, 0.4) is 0 Å². The second-order valence-corrected chi connectivity index (χ2v) is 4.22. The molecule has 4 nitrogen and oxygen atoms in total. The van der Waals surface area contributed by atoms with E-state index in [9.17, 15) is 9.18 Å². The molecule has 0 saturated carbocycles. The van der Waals surface area contributed by atoms with Crippen molar-refractivity contribution >= 4 is 18.4 Å². The highest BCUT2D eigenvalue weighted by Crippen LogP contribution is 2.28. The highest BCUT2D eigenvalue weighted by Gasteiger charge is 2.36. The van der Waals surface area contributed by atoms with Crippen LogP contribution < -0.4 is 10.1 Å². The molecule has 0 amide bonds. The zero-order chi connectivity index (χ0) is 13.0. The van der Waals surface area contributed by atoms with Crippen LogP contribution in [-0.2, 0) is 4.74 Å². The monoisotopic (exact) mass is 289 g/mol. The van der Waals surface area contributed by atoms with Gasteiger partial charge in [-0.2, -0.15) is 4.39 Å².